The number of likely N-dealkylation sites (N-methyl/N-ethyl adjacent to an activating group) is 1. The van der Waals surface area contributed by atoms with Crippen LogP contribution in [0.5, 0.6) is 0 Å². The molecular formula is C21H30N8O2. The van der Waals surface area contributed by atoms with Gasteiger partial charge in [0.1, 0.15) is 18.6 Å². The highest BCUT2D eigenvalue weighted by Gasteiger charge is 2.32. The van der Waals surface area contributed by atoms with E-state index >= 15 is 0 Å². The van der Waals surface area contributed by atoms with Gasteiger partial charge in [-0.1, -0.05) is 6.92 Å². The summed E-state index contributed by atoms with van der Waals surface area (Å²) in [5.74, 6) is 0.915. The standard InChI is InChI=1S/C21H30N8O2/c1-15-6-11-28(18(30)5-9-23)13-17(15)27(2)19-16-7-12-29(20(16)26-14-25-19)21(31)24-10-4-3-8-22/h7,12,14-15,17H,3-6,8,10-11,13,22H2,1-2H3,(H,24,31)/t15-,17+/m1/s1. The van der Waals surface area contributed by atoms with Crippen molar-refractivity contribution < 1.29 is 9.59 Å². The lowest BCUT2D eigenvalue weighted by molar-refractivity contribution is -0.131. The first kappa shape index (κ1) is 22.5. The lowest BCUT2D eigenvalue weighted by Gasteiger charge is -2.42. The minimum absolute atomic E-state index is 0.0444. The number of nitrogens with two attached hydrogens (primary N) is 1. The van der Waals surface area contributed by atoms with Crippen LogP contribution in [0.2, 0.25) is 0 Å². The van der Waals surface area contributed by atoms with Gasteiger partial charge in [-0.05, 0) is 37.8 Å². The molecule has 1 saturated heterocycles. The molecule has 0 spiro atoms. The molecule has 1 aliphatic rings. The molecule has 0 aliphatic carbocycles. The van der Waals surface area contributed by atoms with Crippen molar-refractivity contribution in [3.63, 3.8) is 0 Å². The van der Waals surface area contributed by atoms with E-state index in [1.807, 2.05) is 19.2 Å². The molecule has 10 nitrogen and oxygen atoms in total. The fourth-order valence-corrected chi connectivity index (χ4v) is 4.05. The molecule has 2 aromatic heterocycles. The maximum Gasteiger partial charge on any atom is 0.327 e. The lowest BCUT2D eigenvalue weighted by Crippen LogP contribution is -2.52. The SMILES string of the molecule is C[C@@H]1CCN(C(=O)CC#N)C[C@@H]1N(C)c1ncnc2c1ccn2C(=O)NCCCCN. The molecule has 0 bridgehead atoms. The minimum Gasteiger partial charge on any atom is -0.354 e. The van der Waals surface area contributed by atoms with Gasteiger partial charge in [-0.15, -0.1) is 0 Å². The van der Waals surface area contributed by atoms with Gasteiger partial charge < -0.3 is 20.9 Å². The van der Waals surface area contributed by atoms with Crippen molar-refractivity contribution in [2.24, 2.45) is 11.7 Å². The number of nitrogens with zero attached hydrogens (tertiary/aromatic N) is 6. The van der Waals surface area contributed by atoms with Gasteiger partial charge in [0.25, 0.3) is 0 Å². The molecule has 3 heterocycles. The third kappa shape index (κ3) is 4.94. The average molecular weight is 427 g/mol. The Balaban J connectivity index is 1.80. The van der Waals surface area contributed by atoms with Gasteiger partial charge in [0.2, 0.25) is 5.91 Å². The Morgan fingerprint density at radius 1 is 1.39 bits per heavy atom. The Kier molecular flexibility index (Phi) is 7.41. The van der Waals surface area contributed by atoms with Gasteiger partial charge in [-0.3, -0.25) is 9.36 Å². The number of unbranched alkanes of at least 4 members (excludes halogenated alkanes) is 1. The highest BCUT2D eigenvalue weighted by Crippen LogP contribution is 2.29. The fourth-order valence-electron chi connectivity index (χ4n) is 4.05. The quantitative estimate of drug-likeness (QED) is 0.638. The Morgan fingerprint density at radius 2 is 2.19 bits per heavy atom. The first-order valence-electron chi connectivity index (χ1n) is 10.7. The van der Waals surface area contributed by atoms with E-state index < -0.39 is 0 Å². The Hall–Kier alpha value is -3.19. The van der Waals surface area contributed by atoms with Crippen LogP contribution in [-0.4, -0.2) is 70.6 Å². The molecule has 2 amide bonds. The van der Waals surface area contributed by atoms with E-state index in [-0.39, 0.29) is 24.4 Å². The molecule has 3 rings (SSSR count). The molecule has 1 aliphatic heterocycles. The summed E-state index contributed by atoms with van der Waals surface area (Å²) >= 11 is 0. The third-order valence-electron chi connectivity index (χ3n) is 5.92. The van der Waals surface area contributed by atoms with Crippen molar-refractivity contribution in [1.29, 1.82) is 5.26 Å². The normalized spacial score (nSPS) is 18.6. The summed E-state index contributed by atoms with van der Waals surface area (Å²) in [6.07, 6.45) is 5.58. The number of carbonyl (C=O) groups excluding carboxylic acids is 2. The molecule has 2 aromatic rings. The number of fused-ring (bicyclic) bond motifs is 1. The van der Waals surface area contributed by atoms with Crippen molar-refractivity contribution in [1.82, 2.24) is 24.8 Å². The first-order valence-corrected chi connectivity index (χ1v) is 10.7. The van der Waals surface area contributed by atoms with E-state index in [2.05, 4.69) is 27.1 Å². The summed E-state index contributed by atoms with van der Waals surface area (Å²) in [6.45, 7) is 4.51. The van der Waals surface area contributed by atoms with Crippen LogP contribution in [0.1, 0.15) is 32.6 Å². The number of amides is 2. The van der Waals surface area contributed by atoms with Crippen LogP contribution in [0.4, 0.5) is 10.6 Å². The Labute approximate surface area is 182 Å². The summed E-state index contributed by atoms with van der Waals surface area (Å²) in [7, 11) is 1.95. The van der Waals surface area contributed by atoms with Crippen molar-refractivity contribution >= 4 is 28.8 Å². The zero-order valence-corrected chi connectivity index (χ0v) is 18.1. The largest absolute Gasteiger partial charge is 0.354 e. The molecule has 2 atom stereocenters. The maximum atomic E-state index is 12.6. The zero-order valence-electron chi connectivity index (χ0n) is 18.1. The van der Waals surface area contributed by atoms with Crippen LogP contribution in [0.25, 0.3) is 11.0 Å². The van der Waals surface area contributed by atoms with Crippen molar-refractivity contribution in [3.8, 4) is 6.07 Å². The Morgan fingerprint density at radius 3 is 2.94 bits per heavy atom. The molecule has 31 heavy (non-hydrogen) atoms. The van der Waals surface area contributed by atoms with E-state index in [1.54, 1.807) is 11.1 Å². The van der Waals surface area contributed by atoms with Crippen molar-refractivity contribution in [2.75, 3.05) is 38.1 Å². The number of hydrogen-bond acceptors (Lipinski definition) is 7. The molecule has 0 unspecified atom stereocenters. The van der Waals surface area contributed by atoms with Crippen LogP contribution in [0.15, 0.2) is 18.6 Å². The fraction of sp³-hybridized carbons (Fsp3) is 0.571. The molecule has 166 valence electrons. The molecule has 3 N–H and O–H groups in total. The summed E-state index contributed by atoms with van der Waals surface area (Å²) in [5, 5.41) is 12.5. The summed E-state index contributed by atoms with van der Waals surface area (Å²) in [4.78, 5) is 37.4. The van der Waals surface area contributed by atoms with Gasteiger partial charge in [0, 0.05) is 32.9 Å². The van der Waals surface area contributed by atoms with Gasteiger partial charge in [0.05, 0.1) is 17.5 Å². The van der Waals surface area contributed by atoms with Crippen molar-refractivity contribution in [2.45, 2.75) is 38.6 Å². The highest BCUT2D eigenvalue weighted by molar-refractivity contribution is 5.94. The second-order valence-corrected chi connectivity index (χ2v) is 7.97. The molecular weight excluding hydrogens is 396 g/mol. The summed E-state index contributed by atoms with van der Waals surface area (Å²) in [6, 6.07) is 3.59. The summed E-state index contributed by atoms with van der Waals surface area (Å²) in [5.41, 5.74) is 6.03. The summed E-state index contributed by atoms with van der Waals surface area (Å²) < 4.78 is 1.49. The maximum absolute atomic E-state index is 12.6. The number of nitrogens with one attached hydrogen (secondary N) is 1. The van der Waals surface area contributed by atoms with E-state index in [4.69, 9.17) is 11.0 Å². The van der Waals surface area contributed by atoms with Crippen LogP contribution in [0, 0.1) is 17.2 Å². The molecule has 0 aromatic carbocycles. The van der Waals surface area contributed by atoms with E-state index in [1.165, 1.54) is 10.9 Å². The van der Waals surface area contributed by atoms with Gasteiger partial charge in [-0.2, -0.15) is 5.26 Å². The lowest BCUT2D eigenvalue weighted by atomic mass is 9.92. The predicted molar refractivity (Wildman–Crippen MR) is 117 cm³/mol. The number of hydrogen-bond donors (Lipinski definition) is 2. The number of piperidine rings is 1. The van der Waals surface area contributed by atoms with Gasteiger partial charge >= 0.3 is 6.03 Å². The second-order valence-electron chi connectivity index (χ2n) is 7.97. The Bertz CT molecular complexity index is 966. The molecule has 10 heteroatoms. The minimum atomic E-state index is -0.237. The van der Waals surface area contributed by atoms with Crippen LogP contribution < -0.4 is 16.0 Å². The highest BCUT2D eigenvalue weighted by atomic mass is 16.2. The second kappa shape index (κ2) is 10.2. The van der Waals surface area contributed by atoms with Crippen LogP contribution >= 0.6 is 0 Å². The van der Waals surface area contributed by atoms with Gasteiger partial charge in [-0.25, -0.2) is 14.8 Å². The van der Waals surface area contributed by atoms with Crippen LogP contribution in [0.3, 0.4) is 0 Å². The average Bonchev–Trinajstić information content (AvgIpc) is 3.21. The van der Waals surface area contributed by atoms with Crippen LogP contribution in [-0.2, 0) is 4.79 Å². The number of anilines is 1. The number of aromatic nitrogens is 3. The smallest absolute Gasteiger partial charge is 0.327 e. The zero-order chi connectivity index (χ0) is 22.4. The number of carbonyl (C=O) groups is 2. The number of likely N-dealkylation sites (tertiary alicyclic amines) is 1. The van der Waals surface area contributed by atoms with Gasteiger partial charge in [0.15, 0.2) is 5.65 Å². The number of rotatable bonds is 7. The topological polar surface area (TPSA) is 133 Å². The molecule has 0 saturated carbocycles. The van der Waals surface area contributed by atoms with E-state index in [0.717, 1.165) is 24.6 Å². The first-order chi connectivity index (χ1) is 15.0. The predicted octanol–water partition coefficient (Wildman–Crippen LogP) is 1.31. The van der Waals surface area contributed by atoms with E-state index in [0.29, 0.717) is 43.6 Å². The number of nitriles is 1. The monoisotopic (exact) mass is 426 g/mol. The molecule has 1 fully saturated rings. The third-order valence-corrected chi connectivity index (χ3v) is 5.92. The van der Waals surface area contributed by atoms with Crippen molar-refractivity contribution in [3.05, 3.63) is 18.6 Å². The van der Waals surface area contributed by atoms with E-state index in [9.17, 15) is 9.59 Å². The molecule has 0 radical (unpaired) electrons.